The van der Waals surface area contributed by atoms with Gasteiger partial charge in [-0.1, -0.05) is 5.16 Å². The molecular formula is C15H12F3N3O2. The Labute approximate surface area is 129 Å². The average Bonchev–Trinajstić information content (AvgIpc) is 2.79. The second-order valence-corrected chi connectivity index (χ2v) is 4.98. The van der Waals surface area contributed by atoms with E-state index in [0.717, 1.165) is 12.1 Å². The van der Waals surface area contributed by atoms with Crippen LogP contribution in [-0.4, -0.2) is 15.9 Å². The molecule has 0 aliphatic carbocycles. The smallest absolute Gasteiger partial charge is 0.361 e. The topological polar surface area (TPSA) is 79.8 Å². The Morgan fingerprint density at radius 1 is 1.39 bits per heavy atom. The first kappa shape index (κ1) is 16.7. The number of ketones is 1. The minimum absolute atomic E-state index is 0.0164. The lowest BCUT2D eigenvalue weighted by atomic mass is 9.95. The zero-order valence-electron chi connectivity index (χ0n) is 12.3. The Morgan fingerprint density at radius 3 is 2.52 bits per heavy atom. The maximum Gasteiger partial charge on any atom is 0.417 e. The second-order valence-electron chi connectivity index (χ2n) is 4.98. The summed E-state index contributed by atoms with van der Waals surface area (Å²) in [6, 6.07) is 3.63. The number of Topliss-reactive ketones (excluding diaryl/α,β-unsaturated/α-hetero) is 1. The molecule has 0 bridgehead atoms. The van der Waals surface area contributed by atoms with Crippen molar-refractivity contribution >= 4 is 5.78 Å². The van der Waals surface area contributed by atoms with Crippen molar-refractivity contribution in [2.75, 3.05) is 0 Å². The molecule has 0 aromatic carbocycles. The number of hydrogen-bond acceptors (Lipinski definition) is 5. The molecule has 1 atom stereocenters. The quantitative estimate of drug-likeness (QED) is 0.863. The molecule has 0 fully saturated rings. The molecule has 2 heterocycles. The van der Waals surface area contributed by atoms with Gasteiger partial charge in [0.2, 0.25) is 0 Å². The highest BCUT2D eigenvalue weighted by Gasteiger charge is 2.31. The van der Waals surface area contributed by atoms with Gasteiger partial charge in [0.25, 0.3) is 0 Å². The van der Waals surface area contributed by atoms with Crippen molar-refractivity contribution in [3.05, 3.63) is 46.6 Å². The standard InChI is InChI=1S/C15H12F3N3O2/c1-8-11(9(2)23-21-8)5-14(22)12(6-19)13-4-3-10(7-20-13)15(16,17)18/h3-4,7,12H,5H2,1-2H3. The SMILES string of the molecule is Cc1noc(C)c1CC(=O)C(C#N)c1ccc(C(F)(F)F)cn1. The van der Waals surface area contributed by atoms with Crippen LogP contribution >= 0.6 is 0 Å². The third kappa shape index (κ3) is 3.56. The third-order valence-electron chi connectivity index (χ3n) is 3.39. The summed E-state index contributed by atoms with van der Waals surface area (Å²) < 4.78 is 42.5. The van der Waals surface area contributed by atoms with Gasteiger partial charge in [-0.3, -0.25) is 9.78 Å². The summed E-state index contributed by atoms with van der Waals surface area (Å²) in [5.41, 5.74) is 0.156. The Kier molecular flexibility index (Phi) is 4.50. The van der Waals surface area contributed by atoms with E-state index in [1.807, 2.05) is 0 Å². The summed E-state index contributed by atoms with van der Waals surface area (Å²) in [5, 5.41) is 12.9. The first-order chi connectivity index (χ1) is 10.7. The first-order valence-corrected chi connectivity index (χ1v) is 6.61. The molecule has 2 aromatic rings. The molecule has 0 aliphatic heterocycles. The number of halogens is 3. The first-order valence-electron chi connectivity index (χ1n) is 6.61. The summed E-state index contributed by atoms with van der Waals surface area (Å²) in [7, 11) is 0. The van der Waals surface area contributed by atoms with Gasteiger partial charge >= 0.3 is 6.18 Å². The van der Waals surface area contributed by atoms with Crippen LogP contribution in [0, 0.1) is 25.2 Å². The number of pyridine rings is 1. The van der Waals surface area contributed by atoms with E-state index in [9.17, 15) is 23.2 Å². The van der Waals surface area contributed by atoms with Gasteiger partial charge in [0.1, 0.15) is 11.7 Å². The van der Waals surface area contributed by atoms with E-state index in [0.29, 0.717) is 23.2 Å². The molecule has 1 unspecified atom stereocenters. The summed E-state index contributed by atoms with van der Waals surface area (Å²) in [4.78, 5) is 15.9. The van der Waals surface area contributed by atoms with Crippen molar-refractivity contribution in [1.82, 2.24) is 10.1 Å². The fourth-order valence-electron chi connectivity index (χ4n) is 2.08. The Hall–Kier alpha value is -2.69. The average molecular weight is 323 g/mol. The van der Waals surface area contributed by atoms with Crippen molar-refractivity contribution in [1.29, 1.82) is 5.26 Å². The number of carbonyl (C=O) groups excluding carboxylic acids is 1. The van der Waals surface area contributed by atoms with Crippen molar-refractivity contribution in [2.45, 2.75) is 32.4 Å². The van der Waals surface area contributed by atoms with Gasteiger partial charge in [0.15, 0.2) is 5.78 Å². The van der Waals surface area contributed by atoms with Gasteiger partial charge in [-0.05, 0) is 26.0 Å². The lowest BCUT2D eigenvalue weighted by Gasteiger charge is -2.10. The normalized spacial score (nSPS) is 12.7. The highest BCUT2D eigenvalue weighted by molar-refractivity contribution is 5.90. The van der Waals surface area contributed by atoms with Crippen LogP contribution in [0.3, 0.4) is 0 Å². The van der Waals surface area contributed by atoms with Crippen LogP contribution in [0.1, 0.15) is 34.2 Å². The zero-order valence-corrected chi connectivity index (χ0v) is 12.3. The zero-order chi connectivity index (χ0) is 17.2. The number of aryl methyl sites for hydroxylation is 2. The van der Waals surface area contributed by atoms with E-state index >= 15 is 0 Å². The summed E-state index contributed by atoms with van der Waals surface area (Å²) in [6.07, 6.45) is -4.00. The van der Waals surface area contributed by atoms with Gasteiger partial charge in [0, 0.05) is 18.2 Å². The molecule has 0 spiro atoms. The summed E-state index contributed by atoms with van der Waals surface area (Å²) in [5.74, 6) is -1.26. The largest absolute Gasteiger partial charge is 0.417 e. The van der Waals surface area contributed by atoms with E-state index < -0.39 is 23.4 Å². The van der Waals surface area contributed by atoms with Crippen molar-refractivity contribution in [3.63, 3.8) is 0 Å². The molecule has 2 rings (SSSR count). The van der Waals surface area contributed by atoms with Crippen molar-refractivity contribution < 1.29 is 22.5 Å². The van der Waals surface area contributed by atoms with Gasteiger partial charge in [-0.2, -0.15) is 18.4 Å². The lowest BCUT2D eigenvalue weighted by molar-refractivity contribution is -0.137. The molecule has 8 heteroatoms. The minimum atomic E-state index is -4.52. The van der Waals surface area contributed by atoms with E-state index in [1.54, 1.807) is 19.9 Å². The lowest BCUT2D eigenvalue weighted by Crippen LogP contribution is -2.16. The summed E-state index contributed by atoms with van der Waals surface area (Å²) >= 11 is 0. The van der Waals surface area contributed by atoms with Crippen LogP contribution in [0.2, 0.25) is 0 Å². The number of nitrogens with zero attached hydrogens (tertiary/aromatic N) is 3. The third-order valence-corrected chi connectivity index (χ3v) is 3.39. The van der Waals surface area contributed by atoms with Crippen molar-refractivity contribution in [3.8, 4) is 6.07 Å². The predicted octanol–water partition coefficient (Wildman–Crippen LogP) is 3.12. The van der Waals surface area contributed by atoms with Gasteiger partial charge < -0.3 is 4.52 Å². The number of hydrogen-bond donors (Lipinski definition) is 0. The molecule has 2 aromatic heterocycles. The molecule has 0 saturated heterocycles. The molecule has 120 valence electrons. The molecular weight excluding hydrogens is 311 g/mol. The Morgan fingerprint density at radius 2 is 2.09 bits per heavy atom. The van der Waals surface area contributed by atoms with Gasteiger partial charge in [-0.15, -0.1) is 0 Å². The van der Waals surface area contributed by atoms with Crippen LogP contribution in [0.5, 0.6) is 0 Å². The van der Waals surface area contributed by atoms with Gasteiger partial charge in [0.05, 0.1) is 23.0 Å². The molecule has 0 saturated carbocycles. The fraction of sp³-hybridized carbons (Fsp3) is 0.333. The van der Waals surface area contributed by atoms with Crippen LogP contribution in [-0.2, 0) is 17.4 Å². The Bertz CT molecular complexity index is 738. The monoisotopic (exact) mass is 323 g/mol. The highest BCUT2D eigenvalue weighted by Crippen LogP contribution is 2.29. The van der Waals surface area contributed by atoms with E-state index in [-0.39, 0.29) is 12.1 Å². The number of rotatable bonds is 4. The number of nitriles is 1. The predicted molar refractivity (Wildman–Crippen MR) is 72.3 cm³/mol. The molecule has 0 aliphatic rings. The number of aromatic nitrogens is 2. The minimum Gasteiger partial charge on any atom is -0.361 e. The second kappa shape index (κ2) is 6.20. The summed E-state index contributed by atoms with van der Waals surface area (Å²) in [6.45, 7) is 3.30. The maximum atomic E-state index is 12.5. The van der Waals surface area contributed by atoms with Crippen LogP contribution in [0.25, 0.3) is 0 Å². The van der Waals surface area contributed by atoms with E-state index in [1.165, 1.54) is 0 Å². The number of alkyl halides is 3. The molecule has 0 radical (unpaired) electrons. The fourth-order valence-corrected chi connectivity index (χ4v) is 2.08. The Balaban J connectivity index is 2.23. The number of carbonyl (C=O) groups is 1. The molecule has 5 nitrogen and oxygen atoms in total. The maximum absolute atomic E-state index is 12.5. The van der Waals surface area contributed by atoms with Crippen molar-refractivity contribution in [2.24, 2.45) is 0 Å². The van der Waals surface area contributed by atoms with Gasteiger partial charge in [-0.25, -0.2) is 0 Å². The molecule has 23 heavy (non-hydrogen) atoms. The van der Waals surface area contributed by atoms with Crippen LogP contribution in [0.4, 0.5) is 13.2 Å². The van der Waals surface area contributed by atoms with Crippen LogP contribution < -0.4 is 0 Å². The highest BCUT2D eigenvalue weighted by atomic mass is 19.4. The van der Waals surface area contributed by atoms with Crippen LogP contribution in [0.15, 0.2) is 22.9 Å². The van der Waals surface area contributed by atoms with E-state index in [4.69, 9.17) is 4.52 Å². The molecule has 0 amide bonds. The molecule has 0 N–H and O–H groups in total. The van der Waals surface area contributed by atoms with E-state index in [2.05, 4.69) is 10.1 Å².